The van der Waals surface area contributed by atoms with E-state index in [1.54, 1.807) is 6.08 Å². The van der Waals surface area contributed by atoms with E-state index in [2.05, 4.69) is 0 Å². The van der Waals surface area contributed by atoms with Crippen molar-refractivity contribution in [1.29, 1.82) is 0 Å². The summed E-state index contributed by atoms with van der Waals surface area (Å²) in [7, 11) is 0. The second-order valence-electron chi connectivity index (χ2n) is 3.14. The number of carbonyl (C=O) groups is 1. The first-order chi connectivity index (χ1) is 6.69. The Kier molecular flexibility index (Phi) is 3.90. The van der Waals surface area contributed by atoms with Gasteiger partial charge in [-0.2, -0.15) is 0 Å². The molecule has 1 aromatic rings. The molecule has 0 amide bonds. The predicted molar refractivity (Wildman–Crippen MR) is 60.0 cm³/mol. The molecule has 0 fully saturated rings. The van der Waals surface area contributed by atoms with Gasteiger partial charge in [-0.25, -0.2) is 0 Å². The highest BCUT2D eigenvalue weighted by atomic mass is 35.5. The van der Waals surface area contributed by atoms with Crippen molar-refractivity contribution in [2.75, 3.05) is 5.88 Å². The van der Waals surface area contributed by atoms with Gasteiger partial charge in [0.1, 0.15) is 0 Å². The minimum Gasteiger partial charge on any atom is -0.289 e. The fourth-order valence-corrected chi connectivity index (χ4v) is 1.43. The van der Waals surface area contributed by atoms with Crippen molar-refractivity contribution >= 4 is 17.4 Å². The fourth-order valence-electron chi connectivity index (χ4n) is 1.16. The number of benzene rings is 1. The van der Waals surface area contributed by atoms with Gasteiger partial charge in [0.15, 0.2) is 5.78 Å². The fraction of sp³-hybridized carbons (Fsp3) is 0.250. The average molecular weight is 209 g/mol. The largest absolute Gasteiger partial charge is 0.289 e. The van der Waals surface area contributed by atoms with Crippen molar-refractivity contribution < 1.29 is 4.79 Å². The standard InChI is InChI=1S/C12H13ClO/c1-3-10(8-13)12(14)11-6-4-9(2)5-7-11/h3-7H,8H2,1-2H3/b10-3+. The zero-order valence-corrected chi connectivity index (χ0v) is 9.14. The summed E-state index contributed by atoms with van der Waals surface area (Å²) in [5, 5.41) is 0. The molecule has 1 rings (SSSR count). The molecular formula is C12H13ClO. The van der Waals surface area contributed by atoms with Crippen molar-refractivity contribution in [2.45, 2.75) is 13.8 Å². The molecule has 0 unspecified atom stereocenters. The number of hydrogen-bond donors (Lipinski definition) is 0. The van der Waals surface area contributed by atoms with Crippen molar-refractivity contribution in [3.05, 3.63) is 47.0 Å². The molecule has 0 aliphatic carbocycles. The lowest BCUT2D eigenvalue weighted by molar-refractivity contribution is 0.103. The number of alkyl halides is 1. The minimum atomic E-state index is 0.0162. The smallest absolute Gasteiger partial charge is 0.189 e. The number of allylic oxidation sites excluding steroid dienone is 2. The molecule has 0 atom stereocenters. The molecule has 0 aliphatic heterocycles. The van der Waals surface area contributed by atoms with Crippen LogP contribution in [0.1, 0.15) is 22.8 Å². The van der Waals surface area contributed by atoms with Crippen LogP contribution in [0.3, 0.4) is 0 Å². The Hall–Kier alpha value is -1.08. The Morgan fingerprint density at radius 1 is 1.36 bits per heavy atom. The van der Waals surface area contributed by atoms with Crippen molar-refractivity contribution in [3.8, 4) is 0 Å². The maximum absolute atomic E-state index is 11.8. The highest BCUT2D eigenvalue weighted by molar-refractivity contribution is 6.24. The molecule has 0 heterocycles. The Bertz CT molecular complexity index is 349. The van der Waals surface area contributed by atoms with Gasteiger partial charge < -0.3 is 0 Å². The molecule has 0 aliphatic rings. The van der Waals surface area contributed by atoms with Crippen LogP contribution in [0.2, 0.25) is 0 Å². The van der Waals surface area contributed by atoms with E-state index in [9.17, 15) is 4.79 Å². The van der Waals surface area contributed by atoms with E-state index in [4.69, 9.17) is 11.6 Å². The first kappa shape index (κ1) is 11.0. The topological polar surface area (TPSA) is 17.1 Å². The number of ketones is 1. The van der Waals surface area contributed by atoms with E-state index in [1.807, 2.05) is 38.1 Å². The summed E-state index contributed by atoms with van der Waals surface area (Å²) in [4.78, 5) is 11.8. The zero-order chi connectivity index (χ0) is 10.6. The highest BCUT2D eigenvalue weighted by Crippen LogP contribution is 2.10. The predicted octanol–water partition coefficient (Wildman–Crippen LogP) is 3.36. The van der Waals surface area contributed by atoms with Gasteiger partial charge in [0, 0.05) is 11.1 Å². The summed E-state index contributed by atoms with van der Waals surface area (Å²) < 4.78 is 0. The molecule has 0 bridgehead atoms. The maximum Gasteiger partial charge on any atom is 0.189 e. The lowest BCUT2D eigenvalue weighted by atomic mass is 10.0. The maximum atomic E-state index is 11.8. The van der Waals surface area contributed by atoms with E-state index in [1.165, 1.54) is 0 Å². The normalized spacial score (nSPS) is 11.5. The van der Waals surface area contributed by atoms with Crippen LogP contribution >= 0.6 is 11.6 Å². The van der Waals surface area contributed by atoms with Crippen molar-refractivity contribution in [2.24, 2.45) is 0 Å². The van der Waals surface area contributed by atoms with Gasteiger partial charge in [0.05, 0.1) is 5.88 Å². The van der Waals surface area contributed by atoms with E-state index in [0.717, 1.165) is 5.56 Å². The van der Waals surface area contributed by atoms with Gasteiger partial charge in [-0.3, -0.25) is 4.79 Å². The van der Waals surface area contributed by atoms with Crippen molar-refractivity contribution in [3.63, 3.8) is 0 Å². The third-order valence-corrected chi connectivity index (χ3v) is 2.39. The molecule has 0 saturated carbocycles. The number of aryl methyl sites for hydroxylation is 1. The van der Waals surface area contributed by atoms with Gasteiger partial charge in [-0.1, -0.05) is 35.9 Å². The molecule has 14 heavy (non-hydrogen) atoms. The SMILES string of the molecule is C/C=C(\CCl)C(=O)c1ccc(C)cc1. The lowest BCUT2D eigenvalue weighted by Gasteiger charge is -2.02. The number of Topliss-reactive ketones (excluding diaryl/α,β-unsaturated/α-hetero) is 1. The Balaban J connectivity index is 2.95. The summed E-state index contributed by atoms with van der Waals surface area (Å²) in [6.07, 6.45) is 1.76. The van der Waals surface area contributed by atoms with Crippen LogP contribution in [-0.2, 0) is 0 Å². The molecule has 0 spiro atoms. The Labute approximate surface area is 89.4 Å². The van der Waals surface area contributed by atoms with E-state index < -0.39 is 0 Å². The quantitative estimate of drug-likeness (QED) is 0.423. The van der Waals surface area contributed by atoms with Crippen LogP contribution in [0, 0.1) is 6.92 Å². The van der Waals surface area contributed by atoms with Crippen LogP contribution in [0.25, 0.3) is 0 Å². The molecule has 1 nitrogen and oxygen atoms in total. The number of halogens is 1. The molecule has 1 aromatic carbocycles. The summed E-state index contributed by atoms with van der Waals surface area (Å²) in [5.41, 5.74) is 2.49. The van der Waals surface area contributed by atoms with E-state index >= 15 is 0 Å². The van der Waals surface area contributed by atoms with Crippen LogP contribution in [0.15, 0.2) is 35.9 Å². The van der Waals surface area contributed by atoms with Crippen LogP contribution in [-0.4, -0.2) is 11.7 Å². The lowest BCUT2D eigenvalue weighted by Crippen LogP contribution is -2.04. The van der Waals surface area contributed by atoms with E-state index in [-0.39, 0.29) is 11.7 Å². The summed E-state index contributed by atoms with van der Waals surface area (Å²) in [6, 6.07) is 7.50. The minimum absolute atomic E-state index is 0.0162. The third kappa shape index (κ3) is 2.46. The van der Waals surface area contributed by atoms with Gasteiger partial charge in [-0.05, 0) is 13.8 Å². The third-order valence-electron chi connectivity index (χ3n) is 2.10. The van der Waals surface area contributed by atoms with Crippen molar-refractivity contribution in [1.82, 2.24) is 0 Å². The molecule has 0 saturated heterocycles. The average Bonchev–Trinajstić information content (AvgIpc) is 2.20. The zero-order valence-electron chi connectivity index (χ0n) is 8.38. The monoisotopic (exact) mass is 208 g/mol. The first-order valence-electron chi connectivity index (χ1n) is 4.51. The summed E-state index contributed by atoms with van der Waals surface area (Å²) in [5.74, 6) is 0.283. The van der Waals surface area contributed by atoms with Gasteiger partial charge in [0.2, 0.25) is 0 Å². The number of carbonyl (C=O) groups excluding carboxylic acids is 1. The van der Waals surface area contributed by atoms with E-state index in [0.29, 0.717) is 11.1 Å². The second-order valence-corrected chi connectivity index (χ2v) is 3.41. The number of hydrogen-bond acceptors (Lipinski definition) is 1. The molecule has 0 aromatic heterocycles. The Morgan fingerprint density at radius 3 is 2.36 bits per heavy atom. The second kappa shape index (κ2) is 4.97. The highest BCUT2D eigenvalue weighted by Gasteiger charge is 2.09. The summed E-state index contributed by atoms with van der Waals surface area (Å²) >= 11 is 5.65. The molecule has 74 valence electrons. The molecule has 2 heteroatoms. The van der Waals surface area contributed by atoms with Gasteiger partial charge in [-0.15, -0.1) is 11.6 Å². The molecule has 0 N–H and O–H groups in total. The number of rotatable bonds is 3. The molecule has 0 radical (unpaired) electrons. The Morgan fingerprint density at radius 2 is 1.93 bits per heavy atom. The summed E-state index contributed by atoms with van der Waals surface area (Å²) in [6.45, 7) is 3.82. The van der Waals surface area contributed by atoms with Crippen LogP contribution < -0.4 is 0 Å². The van der Waals surface area contributed by atoms with Crippen LogP contribution in [0.4, 0.5) is 0 Å². The molecular weight excluding hydrogens is 196 g/mol. The van der Waals surface area contributed by atoms with Gasteiger partial charge >= 0.3 is 0 Å². The van der Waals surface area contributed by atoms with Gasteiger partial charge in [0.25, 0.3) is 0 Å². The van der Waals surface area contributed by atoms with Crippen LogP contribution in [0.5, 0.6) is 0 Å². The first-order valence-corrected chi connectivity index (χ1v) is 5.05.